The lowest BCUT2D eigenvalue weighted by molar-refractivity contribution is -0.148. The molecular formula is C21H36FN5O2. The van der Waals surface area contributed by atoms with Gasteiger partial charge < -0.3 is 10.1 Å². The number of nitrogens with zero attached hydrogens (tertiary/aromatic N) is 3. The van der Waals surface area contributed by atoms with Gasteiger partial charge in [0.15, 0.2) is 5.82 Å². The standard InChI is InChI=1S/C21H36FN5O2/c1-2-3-4-5-6-7-12-29-20(28)18-13-17-14-21(22,10-8-16(17)15-23-18)11-9-19-24-26-27-25-19/h16-18,23H,2-15H2,1H3,(H,24,25,26,27)/t16?,17?,18-,21-/m0/s1. The first-order valence-corrected chi connectivity index (χ1v) is 11.4. The molecule has 1 aromatic rings. The van der Waals surface area contributed by atoms with Gasteiger partial charge in [0.25, 0.3) is 0 Å². The van der Waals surface area contributed by atoms with E-state index in [4.69, 9.17) is 4.74 Å². The zero-order valence-corrected chi connectivity index (χ0v) is 17.7. The number of unbranched alkanes of at least 4 members (excludes halogenated alkanes) is 5. The molecule has 2 N–H and O–H groups in total. The first-order chi connectivity index (χ1) is 14.1. The molecule has 2 fully saturated rings. The SMILES string of the molecule is CCCCCCCCOC(=O)[C@@H]1CC2C[C@@](F)(CCc3nn[nH]n3)CCC2CN1. The summed E-state index contributed by atoms with van der Waals surface area (Å²) in [5.74, 6) is 1.07. The van der Waals surface area contributed by atoms with Crippen molar-refractivity contribution in [2.45, 2.75) is 95.7 Å². The molecule has 4 atom stereocenters. The third kappa shape index (κ3) is 6.73. The topological polar surface area (TPSA) is 92.8 Å². The molecule has 2 aliphatic rings. The molecule has 29 heavy (non-hydrogen) atoms. The molecule has 2 heterocycles. The van der Waals surface area contributed by atoms with Crippen LogP contribution in [0.1, 0.15) is 83.4 Å². The third-order valence-corrected chi connectivity index (χ3v) is 6.64. The Labute approximate surface area is 172 Å². The quantitative estimate of drug-likeness (QED) is 0.429. The first-order valence-electron chi connectivity index (χ1n) is 11.4. The molecule has 164 valence electrons. The average molecular weight is 410 g/mol. The summed E-state index contributed by atoms with van der Waals surface area (Å²) in [6.07, 6.45) is 10.5. The van der Waals surface area contributed by atoms with Crippen LogP contribution in [0.5, 0.6) is 0 Å². The molecule has 1 aromatic heterocycles. The van der Waals surface area contributed by atoms with Gasteiger partial charge in [-0.1, -0.05) is 44.2 Å². The summed E-state index contributed by atoms with van der Waals surface area (Å²) in [7, 11) is 0. The Balaban J connectivity index is 1.39. The Morgan fingerprint density at radius 3 is 2.86 bits per heavy atom. The lowest BCUT2D eigenvalue weighted by atomic mass is 9.67. The van der Waals surface area contributed by atoms with Crippen LogP contribution in [0.2, 0.25) is 0 Å². The molecule has 2 unspecified atom stereocenters. The highest BCUT2D eigenvalue weighted by Gasteiger charge is 2.44. The molecule has 3 rings (SSSR count). The van der Waals surface area contributed by atoms with Crippen molar-refractivity contribution in [1.29, 1.82) is 0 Å². The lowest BCUT2D eigenvalue weighted by Gasteiger charge is -2.44. The van der Waals surface area contributed by atoms with E-state index in [1.54, 1.807) is 0 Å². The van der Waals surface area contributed by atoms with Crippen LogP contribution in [-0.4, -0.2) is 51.5 Å². The second-order valence-electron chi connectivity index (χ2n) is 8.87. The van der Waals surface area contributed by atoms with E-state index in [1.165, 1.54) is 25.7 Å². The van der Waals surface area contributed by atoms with Gasteiger partial charge >= 0.3 is 5.97 Å². The Hall–Kier alpha value is -1.57. The van der Waals surface area contributed by atoms with Crippen LogP contribution >= 0.6 is 0 Å². The van der Waals surface area contributed by atoms with Crippen LogP contribution in [0.3, 0.4) is 0 Å². The number of halogens is 1. The van der Waals surface area contributed by atoms with Crippen LogP contribution in [-0.2, 0) is 16.0 Å². The molecule has 7 nitrogen and oxygen atoms in total. The monoisotopic (exact) mass is 409 g/mol. The lowest BCUT2D eigenvalue weighted by Crippen LogP contribution is -2.52. The van der Waals surface area contributed by atoms with Crippen LogP contribution in [0.15, 0.2) is 0 Å². The number of piperidine rings is 1. The Kier molecular flexibility index (Phi) is 8.39. The number of carbonyl (C=O) groups is 1. The zero-order chi connectivity index (χ0) is 20.5. The number of aromatic nitrogens is 4. The largest absolute Gasteiger partial charge is 0.465 e. The van der Waals surface area contributed by atoms with Gasteiger partial charge in [-0.15, -0.1) is 10.2 Å². The van der Waals surface area contributed by atoms with Gasteiger partial charge in [-0.3, -0.25) is 4.79 Å². The predicted octanol–water partition coefficient (Wildman–Crippen LogP) is 3.52. The highest BCUT2D eigenvalue weighted by atomic mass is 19.1. The fourth-order valence-corrected chi connectivity index (χ4v) is 4.83. The second-order valence-corrected chi connectivity index (χ2v) is 8.87. The number of carbonyl (C=O) groups excluding carboxylic acids is 1. The Morgan fingerprint density at radius 2 is 2.07 bits per heavy atom. The van der Waals surface area contributed by atoms with Crippen LogP contribution in [0.4, 0.5) is 4.39 Å². The number of ether oxygens (including phenoxy) is 1. The van der Waals surface area contributed by atoms with Crippen molar-refractivity contribution in [3.63, 3.8) is 0 Å². The Bertz CT molecular complexity index is 614. The fraction of sp³-hybridized carbons (Fsp3) is 0.905. The third-order valence-electron chi connectivity index (χ3n) is 6.64. The van der Waals surface area contributed by atoms with Crippen molar-refractivity contribution < 1.29 is 13.9 Å². The highest BCUT2D eigenvalue weighted by Crippen LogP contribution is 2.44. The Morgan fingerprint density at radius 1 is 1.24 bits per heavy atom. The number of hydrogen-bond acceptors (Lipinski definition) is 6. The van der Waals surface area contributed by atoms with E-state index in [1.807, 2.05) is 0 Å². The first kappa shape index (κ1) is 22.1. The summed E-state index contributed by atoms with van der Waals surface area (Å²) >= 11 is 0. The maximum atomic E-state index is 15.4. The van der Waals surface area contributed by atoms with Crippen molar-refractivity contribution in [2.24, 2.45) is 11.8 Å². The van der Waals surface area contributed by atoms with E-state index in [-0.39, 0.29) is 17.9 Å². The van der Waals surface area contributed by atoms with Crippen molar-refractivity contribution in [3.05, 3.63) is 5.82 Å². The van der Waals surface area contributed by atoms with E-state index < -0.39 is 5.67 Å². The summed E-state index contributed by atoms with van der Waals surface area (Å²) in [5, 5.41) is 17.1. The van der Waals surface area contributed by atoms with Gasteiger partial charge in [0.2, 0.25) is 0 Å². The second kappa shape index (κ2) is 11.0. The molecule has 0 spiro atoms. The number of H-pyrrole nitrogens is 1. The van der Waals surface area contributed by atoms with E-state index in [9.17, 15) is 4.79 Å². The number of nitrogens with one attached hydrogen (secondary N) is 2. The number of fused-ring (bicyclic) bond motifs is 1. The number of hydrogen-bond donors (Lipinski definition) is 2. The number of esters is 1. The summed E-state index contributed by atoms with van der Waals surface area (Å²) in [4.78, 5) is 12.4. The van der Waals surface area contributed by atoms with Gasteiger partial charge in [0.05, 0.1) is 6.61 Å². The molecule has 1 saturated heterocycles. The van der Waals surface area contributed by atoms with E-state index in [0.717, 1.165) is 25.8 Å². The summed E-state index contributed by atoms with van der Waals surface area (Å²) in [5.41, 5.74) is -1.20. The molecule has 0 aromatic carbocycles. The average Bonchev–Trinajstić information content (AvgIpc) is 3.25. The van der Waals surface area contributed by atoms with E-state index in [2.05, 4.69) is 32.9 Å². The smallest absolute Gasteiger partial charge is 0.323 e. The highest BCUT2D eigenvalue weighted by molar-refractivity contribution is 5.75. The van der Waals surface area contributed by atoms with Crippen molar-refractivity contribution in [3.8, 4) is 0 Å². The molecule has 1 saturated carbocycles. The van der Waals surface area contributed by atoms with Crippen LogP contribution in [0, 0.1) is 11.8 Å². The molecule has 0 radical (unpaired) electrons. The van der Waals surface area contributed by atoms with Gasteiger partial charge in [-0.2, -0.15) is 5.21 Å². The molecule has 8 heteroatoms. The van der Waals surface area contributed by atoms with Gasteiger partial charge in [-0.25, -0.2) is 4.39 Å². The van der Waals surface area contributed by atoms with Crippen molar-refractivity contribution in [1.82, 2.24) is 25.9 Å². The van der Waals surface area contributed by atoms with Gasteiger partial charge in [-0.05, 0) is 56.9 Å². The number of tetrazole rings is 1. The van der Waals surface area contributed by atoms with Crippen LogP contribution in [0.25, 0.3) is 0 Å². The summed E-state index contributed by atoms with van der Waals surface area (Å²) in [6.45, 7) is 3.48. The fourth-order valence-electron chi connectivity index (χ4n) is 4.83. The van der Waals surface area contributed by atoms with Crippen LogP contribution < -0.4 is 5.32 Å². The molecule has 1 aliphatic heterocycles. The maximum absolute atomic E-state index is 15.4. The minimum absolute atomic E-state index is 0.168. The molecule has 0 bridgehead atoms. The molecular weight excluding hydrogens is 373 g/mol. The number of aromatic amines is 1. The number of rotatable bonds is 11. The van der Waals surface area contributed by atoms with Gasteiger partial charge in [0, 0.05) is 6.42 Å². The van der Waals surface area contributed by atoms with E-state index in [0.29, 0.717) is 50.5 Å². The summed E-state index contributed by atoms with van der Waals surface area (Å²) in [6, 6.07) is -0.295. The summed E-state index contributed by atoms with van der Waals surface area (Å²) < 4.78 is 20.9. The van der Waals surface area contributed by atoms with E-state index >= 15 is 4.39 Å². The van der Waals surface area contributed by atoms with Crippen molar-refractivity contribution >= 4 is 5.97 Å². The minimum Gasteiger partial charge on any atom is -0.465 e. The zero-order valence-electron chi connectivity index (χ0n) is 17.7. The van der Waals surface area contributed by atoms with Crippen molar-refractivity contribution in [2.75, 3.05) is 13.2 Å². The van der Waals surface area contributed by atoms with Gasteiger partial charge in [0.1, 0.15) is 11.7 Å². The number of aryl methyl sites for hydroxylation is 1. The maximum Gasteiger partial charge on any atom is 0.323 e. The number of alkyl halides is 1. The minimum atomic E-state index is -1.20. The normalized spacial score (nSPS) is 29.4. The molecule has 0 amide bonds. The molecule has 1 aliphatic carbocycles. The predicted molar refractivity (Wildman–Crippen MR) is 108 cm³/mol.